The van der Waals surface area contributed by atoms with Crippen LogP contribution in [0.15, 0.2) is 127 Å². The second kappa shape index (κ2) is 11.0. The van der Waals surface area contributed by atoms with Crippen molar-refractivity contribution in [1.29, 1.82) is 0 Å². The van der Waals surface area contributed by atoms with Gasteiger partial charge < -0.3 is 0 Å². The molecule has 0 bridgehead atoms. The summed E-state index contributed by atoms with van der Waals surface area (Å²) < 4.78 is 8.25. The van der Waals surface area contributed by atoms with Crippen LogP contribution in [0.25, 0.3) is 0 Å². The Hall–Kier alpha value is -2.80. The van der Waals surface area contributed by atoms with E-state index in [0.29, 0.717) is 5.57 Å². The molecule has 0 atom stereocenters. The summed E-state index contributed by atoms with van der Waals surface area (Å²) in [5, 5.41) is 4.83. The molecule has 31 heavy (non-hydrogen) atoms. The number of allylic oxidation sites excluding steroid dienone is 3. The van der Waals surface area contributed by atoms with E-state index in [1.807, 2.05) is 30.4 Å². The molecule has 0 fully saturated rings. The van der Waals surface area contributed by atoms with Crippen molar-refractivity contribution in [3.8, 4) is 4.37 Å². The fourth-order valence-corrected chi connectivity index (χ4v) is 8.98. The average Bonchev–Trinajstić information content (AvgIpc) is 2.84. The molecule has 0 aromatic heterocycles. The Morgan fingerprint density at radius 2 is 1.29 bits per heavy atom. The van der Waals surface area contributed by atoms with Crippen molar-refractivity contribution in [3.05, 3.63) is 127 Å². The van der Waals surface area contributed by atoms with Gasteiger partial charge in [0.15, 0.2) is 0 Å². The number of rotatable bonds is 7. The van der Waals surface area contributed by atoms with E-state index in [1.165, 1.54) is 23.0 Å². The average molecular weight is 601 g/mol. The summed E-state index contributed by atoms with van der Waals surface area (Å²) in [6.45, 7) is 3.78. The Kier molecular flexibility index (Phi) is 8.11. The van der Waals surface area contributed by atoms with Crippen LogP contribution < -0.4 is 15.9 Å². The Bertz CT molecular complexity index is 1050. The van der Waals surface area contributed by atoms with E-state index in [-0.39, 0.29) is 0 Å². The van der Waals surface area contributed by atoms with Gasteiger partial charge >= 0.3 is 195 Å². The number of esters is 1. The molecule has 3 aromatic carbocycles. The predicted molar refractivity (Wildman–Crippen MR) is 127 cm³/mol. The summed E-state index contributed by atoms with van der Waals surface area (Å²) in [4.78, 5) is 11.7. The molecule has 0 saturated carbocycles. The molecule has 0 N–H and O–H groups in total. The molecule has 0 radical (unpaired) electrons. The quantitative estimate of drug-likeness (QED) is 0.171. The summed E-state index contributed by atoms with van der Waals surface area (Å²) in [6.07, 6.45) is 5.59. The van der Waals surface area contributed by atoms with Crippen LogP contribution in [0.1, 0.15) is 0 Å². The van der Waals surface area contributed by atoms with Gasteiger partial charge in [0.1, 0.15) is 0 Å². The third-order valence-corrected chi connectivity index (χ3v) is 10.3. The number of hydrogen-bond acceptors (Lipinski definition) is 2. The van der Waals surface area contributed by atoms with Crippen molar-refractivity contribution in [2.24, 2.45) is 0 Å². The molecule has 0 aliphatic carbocycles. The number of benzene rings is 3. The van der Waals surface area contributed by atoms with Gasteiger partial charge in [-0.3, -0.25) is 0 Å². The van der Waals surface area contributed by atoms with Gasteiger partial charge in [0.2, 0.25) is 0 Å². The van der Waals surface area contributed by atoms with E-state index < -0.39 is 13.2 Å². The maximum absolute atomic E-state index is 11.7. The molecule has 0 spiro atoms. The minimum atomic E-state index is -2.19. The topological polar surface area (TPSA) is 26.3 Å². The summed E-state index contributed by atoms with van der Waals surface area (Å²) in [7, 11) is -0.839. The molecule has 0 aliphatic rings. The Morgan fingerprint density at radius 3 is 1.65 bits per heavy atom. The molecular weight excluding hydrogens is 577 g/mol. The van der Waals surface area contributed by atoms with Crippen molar-refractivity contribution >= 4 is 29.1 Å². The molecular formula is C27H23O2OsP+. The monoisotopic (exact) mass is 602 g/mol. The zero-order valence-electron chi connectivity index (χ0n) is 17.2. The summed E-state index contributed by atoms with van der Waals surface area (Å²) in [6, 6.07) is 31.8. The Morgan fingerprint density at radius 1 is 0.871 bits per heavy atom. The molecule has 0 aliphatic heterocycles. The van der Waals surface area contributed by atoms with Crippen molar-refractivity contribution in [3.63, 3.8) is 0 Å². The SMILES string of the molecule is C=C(C=C/C=C(\[C]#[Os])[P+](c1ccccc1)(c1ccccc1)c1ccccc1)C(=O)OC. The van der Waals surface area contributed by atoms with Crippen LogP contribution >= 0.6 is 7.26 Å². The normalized spacial score (nSPS) is 11.7. The minimum absolute atomic E-state index is 0.305. The molecule has 3 aromatic rings. The van der Waals surface area contributed by atoms with E-state index in [0.717, 1.165) is 5.31 Å². The number of carbonyl (C=O) groups excluding carboxylic acids is 1. The first-order chi connectivity index (χ1) is 15.1. The summed E-state index contributed by atoms with van der Waals surface area (Å²) in [5.41, 5.74) is 0.305. The third kappa shape index (κ3) is 4.93. The second-order valence-electron chi connectivity index (χ2n) is 6.69. The van der Waals surface area contributed by atoms with E-state index >= 15 is 0 Å². The van der Waals surface area contributed by atoms with Gasteiger partial charge in [0.05, 0.1) is 0 Å². The van der Waals surface area contributed by atoms with Gasteiger partial charge in [-0.05, 0) is 0 Å². The van der Waals surface area contributed by atoms with Crippen LogP contribution in [-0.4, -0.2) is 13.1 Å². The molecule has 3 rings (SSSR count). The van der Waals surface area contributed by atoms with Crippen LogP contribution in [0, 0.1) is 4.37 Å². The molecule has 0 saturated heterocycles. The van der Waals surface area contributed by atoms with Crippen LogP contribution in [0.3, 0.4) is 0 Å². The molecule has 0 heterocycles. The van der Waals surface area contributed by atoms with E-state index in [9.17, 15) is 4.79 Å². The predicted octanol–water partition coefficient (Wildman–Crippen LogP) is 4.66. The van der Waals surface area contributed by atoms with Gasteiger partial charge in [-0.2, -0.15) is 0 Å². The van der Waals surface area contributed by atoms with E-state index in [4.69, 9.17) is 4.74 Å². The number of carbonyl (C=O) groups is 1. The zero-order valence-corrected chi connectivity index (χ0v) is 20.7. The molecule has 0 amide bonds. The van der Waals surface area contributed by atoms with Gasteiger partial charge in [-0.15, -0.1) is 0 Å². The van der Waals surface area contributed by atoms with Crippen molar-refractivity contribution in [2.75, 3.05) is 7.11 Å². The Labute approximate surface area is 194 Å². The third-order valence-electron chi connectivity index (χ3n) is 4.88. The van der Waals surface area contributed by atoms with Gasteiger partial charge in [-0.1, -0.05) is 0 Å². The summed E-state index contributed by atoms with van der Waals surface area (Å²) >= 11 is 1.71. The van der Waals surface area contributed by atoms with Crippen molar-refractivity contribution < 1.29 is 27.5 Å². The first-order valence-corrected chi connectivity index (χ1v) is 12.8. The summed E-state index contributed by atoms with van der Waals surface area (Å²) in [5.74, 6) is -0.437. The number of hydrogen-bond donors (Lipinski definition) is 0. The zero-order chi connectivity index (χ0) is 22.1. The van der Waals surface area contributed by atoms with Crippen LogP contribution in [0.2, 0.25) is 0 Å². The molecule has 0 unspecified atom stereocenters. The molecule has 4 heteroatoms. The fraction of sp³-hybridized carbons (Fsp3) is 0.0370. The number of ether oxygens (including phenoxy) is 1. The van der Waals surface area contributed by atoms with Crippen molar-refractivity contribution in [1.82, 2.24) is 0 Å². The van der Waals surface area contributed by atoms with Gasteiger partial charge in [0, 0.05) is 0 Å². The number of methoxy groups -OCH3 is 1. The first kappa shape index (κ1) is 22.9. The molecule has 155 valence electrons. The van der Waals surface area contributed by atoms with Gasteiger partial charge in [0.25, 0.3) is 0 Å². The molecule has 2 nitrogen and oxygen atoms in total. The second-order valence-corrected chi connectivity index (χ2v) is 10.7. The van der Waals surface area contributed by atoms with Crippen LogP contribution in [0.4, 0.5) is 0 Å². The van der Waals surface area contributed by atoms with E-state index in [2.05, 4.69) is 83.7 Å². The first-order valence-electron chi connectivity index (χ1n) is 9.72. The van der Waals surface area contributed by atoms with Crippen molar-refractivity contribution in [2.45, 2.75) is 0 Å². The van der Waals surface area contributed by atoms with Gasteiger partial charge in [-0.25, -0.2) is 0 Å². The maximum atomic E-state index is 11.7. The van der Waals surface area contributed by atoms with Crippen LogP contribution in [-0.2, 0) is 27.5 Å². The standard InChI is InChI=1S/C27H23O2P.Os/c1-22(27(28)29-3)14-13-15-23(2)30(24-16-7-4-8-17-24,25-18-9-5-10-19-25)26-20-11-6-12-21-26;/h4-21H,1H2,3H3;/q+1;/b14-13?,23-15+;. The fourth-order valence-electron chi connectivity index (χ4n) is 3.47. The van der Waals surface area contributed by atoms with E-state index in [1.54, 1.807) is 24.0 Å². The Balaban J connectivity index is 2.30. The van der Waals surface area contributed by atoms with Crippen LogP contribution in [0.5, 0.6) is 0 Å².